The fourth-order valence-electron chi connectivity index (χ4n) is 3.55. The van der Waals surface area contributed by atoms with Crippen LogP contribution < -0.4 is 10.2 Å². The summed E-state index contributed by atoms with van der Waals surface area (Å²) in [5.41, 5.74) is 4.01. The Hall–Kier alpha value is -3.41. The van der Waals surface area contributed by atoms with Crippen molar-refractivity contribution in [3.8, 4) is 11.3 Å². The van der Waals surface area contributed by atoms with E-state index in [0.717, 1.165) is 35.9 Å². The topological polar surface area (TPSA) is 61.4 Å². The lowest BCUT2D eigenvalue weighted by Gasteiger charge is -2.35. The Morgan fingerprint density at radius 2 is 1.57 bits per heavy atom. The van der Waals surface area contributed by atoms with E-state index in [4.69, 9.17) is 0 Å². The molecule has 3 aromatic rings. The van der Waals surface area contributed by atoms with Gasteiger partial charge in [0, 0.05) is 37.4 Å². The van der Waals surface area contributed by atoms with Crippen molar-refractivity contribution in [3.05, 3.63) is 72.3 Å². The first-order chi connectivity index (χ1) is 14.6. The molecule has 1 N–H and O–H groups in total. The molecule has 4 rings (SSSR count). The largest absolute Gasteiger partial charge is 0.352 e. The molecule has 1 aliphatic heterocycles. The normalized spacial score (nSPS) is 14.1. The van der Waals surface area contributed by atoms with Gasteiger partial charge in [0.25, 0.3) is 0 Å². The van der Waals surface area contributed by atoms with E-state index in [1.165, 1.54) is 5.56 Å². The summed E-state index contributed by atoms with van der Waals surface area (Å²) in [4.78, 5) is 16.6. The van der Waals surface area contributed by atoms with E-state index in [1.807, 2.05) is 59.5 Å². The van der Waals surface area contributed by atoms with Crippen LogP contribution in [-0.2, 0) is 0 Å². The van der Waals surface area contributed by atoms with Gasteiger partial charge in [-0.1, -0.05) is 56.3 Å². The standard InChI is InChI=1S/C24H27N5O/c1-18(2)19-8-10-21(11-9-19)25-24(30)29-16-14-28(15-17-29)23-13-12-22(26-27-23)20-6-4-3-5-7-20/h3-13,18H,14-17H2,1-2H3,(H,25,30). The average Bonchev–Trinajstić information content (AvgIpc) is 2.80. The maximum absolute atomic E-state index is 12.6. The lowest BCUT2D eigenvalue weighted by Crippen LogP contribution is -2.50. The molecule has 2 heterocycles. The van der Waals surface area contributed by atoms with E-state index in [2.05, 4.69) is 46.4 Å². The number of carbonyl (C=O) groups is 1. The molecule has 2 amide bonds. The maximum Gasteiger partial charge on any atom is 0.321 e. The molecule has 30 heavy (non-hydrogen) atoms. The van der Waals surface area contributed by atoms with E-state index in [9.17, 15) is 4.79 Å². The molecule has 1 saturated heterocycles. The molecule has 2 aromatic carbocycles. The number of carbonyl (C=O) groups excluding carboxylic acids is 1. The highest BCUT2D eigenvalue weighted by Gasteiger charge is 2.22. The summed E-state index contributed by atoms with van der Waals surface area (Å²) in [5, 5.41) is 11.8. The SMILES string of the molecule is CC(C)c1ccc(NC(=O)N2CCN(c3ccc(-c4ccccc4)nn3)CC2)cc1. The lowest BCUT2D eigenvalue weighted by molar-refractivity contribution is 0.208. The zero-order valence-corrected chi connectivity index (χ0v) is 17.5. The van der Waals surface area contributed by atoms with Gasteiger partial charge < -0.3 is 15.1 Å². The fraction of sp³-hybridized carbons (Fsp3) is 0.292. The number of nitrogens with one attached hydrogen (secondary N) is 1. The van der Waals surface area contributed by atoms with Crippen LogP contribution in [0.5, 0.6) is 0 Å². The number of rotatable bonds is 4. The smallest absolute Gasteiger partial charge is 0.321 e. The van der Waals surface area contributed by atoms with Crippen LogP contribution in [0.25, 0.3) is 11.3 Å². The minimum Gasteiger partial charge on any atom is -0.352 e. The Bertz CT molecular complexity index is 963. The van der Waals surface area contributed by atoms with E-state index in [1.54, 1.807) is 0 Å². The Balaban J connectivity index is 1.31. The minimum atomic E-state index is -0.0579. The Kier molecular flexibility index (Phi) is 5.93. The Morgan fingerprint density at radius 1 is 0.867 bits per heavy atom. The number of urea groups is 1. The van der Waals surface area contributed by atoms with Gasteiger partial charge in [0.15, 0.2) is 5.82 Å². The number of piperazine rings is 1. The van der Waals surface area contributed by atoms with Crippen LogP contribution in [-0.4, -0.2) is 47.3 Å². The van der Waals surface area contributed by atoms with E-state index < -0.39 is 0 Å². The molecule has 0 radical (unpaired) electrons. The zero-order valence-electron chi connectivity index (χ0n) is 17.5. The molecule has 0 saturated carbocycles. The summed E-state index contributed by atoms with van der Waals surface area (Å²) in [5.74, 6) is 1.33. The van der Waals surface area contributed by atoms with Gasteiger partial charge in [0.2, 0.25) is 0 Å². The molecule has 6 heteroatoms. The summed E-state index contributed by atoms with van der Waals surface area (Å²) in [7, 11) is 0. The minimum absolute atomic E-state index is 0.0579. The molecular formula is C24H27N5O. The molecule has 0 spiro atoms. The molecule has 0 bridgehead atoms. The van der Waals surface area contributed by atoms with E-state index >= 15 is 0 Å². The fourth-order valence-corrected chi connectivity index (χ4v) is 3.55. The molecular weight excluding hydrogens is 374 g/mol. The van der Waals surface area contributed by atoms with Crippen molar-refractivity contribution in [2.75, 3.05) is 36.4 Å². The third kappa shape index (κ3) is 4.59. The highest BCUT2D eigenvalue weighted by molar-refractivity contribution is 5.89. The zero-order chi connectivity index (χ0) is 20.9. The first-order valence-electron chi connectivity index (χ1n) is 10.4. The molecule has 6 nitrogen and oxygen atoms in total. The highest BCUT2D eigenvalue weighted by Crippen LogP contribution is 2.20. The van der Waals surface area contributed by atoms with E-state index in [0.29, 0.717) is 19.0 Å². The summed E-state index contributed by atoms with van der Waals surface area (Å²) >= 11 is 0. The van der Waals surface area contributed by atoms with E-state index in [-0.39, 0.29) is 6.03 Å². The molecule has 0 unspecified atom stereocenters. The van der Waals surface area contributed by atoms with Gasteiger partial charge in [-0.15, -0.1) is 10.2 Å². The Labute approximate surface area is 177 Å². The van der Waals surface area contributed by atoms with Crippen LogP contribution in [0.2, 0.25) is 0 Å². The maximum atomic E-state index is 12.6. The van der Waals surface area contributed by atoms with Gasteiger partial charge in [-0.3, -0.25) is 0 Å². The Morgan fingerprint density at radius 3 is 2.17 bits per heavy atom. The highest BCUT2D eigenvalue weighted by atomic mass is 16.2. The van der Waals surface area contributed by atoms with Crippen molar-refractivity contribution in [2.24, 2.45) is 0 Å². The van der Waals surface area contributed by atoms with Crippen LogP contribution in [0.4, 0.5) is 16.3 Å². The number of nitrogens with zero attached hydrogens (tertiary/aromatic N) is 4. The van der Waals surface area contributed by atoms with Gasteiger partial charge in [-0.25, -0.2) is 4.79 Å². The third-order valence-electron chi connectivity index (χ3n) is 5.44. The number of hydrogen-bond donors (Lipinski definition) is 1. The third-order valence-corrected chi connectivity index (χ3v) is 5.44. The molecule has 1 aromatic heterocycles. The monoisotopic (exact) mass is 401 g/mol. The molecule has 0 atom stereocenters. The average molecular weight is 402 g/mol. The molecule has 154 valence electrons. The quantitative estimate of drug-likeness (QED) is 0.693. The summed E-state index contributed by atoms with van der Waals surface area (Å²) < 4.78 is 0. The second kappa shape index (κ2) is 8.95. The number of anilines is 2. The van der Waals surface area contributed by atoms with Crippen LogP contribution >= 0.6 is 0 Å². The second-order valence-electron chi connectivity index (χ2n) is 7.82. The molecule has 1 aliphatic rings. The van der Waals surface area contributed by atoms with Crippen molar-refractivity contribution in [2.45, 2.75) is 19.8 Å². The summed E-state index contributed by atoms with van der Waals surface area (Å²) in [6.07, 6.45) is 0. The number of aromatic nitrogens is 2. The van der Waals surface area contributed by atoms with Gasteiger partial charge in [0.1, 0.15) is 0 Å². The van der Waals surface area contributed by atoms with Crippen molar-refractivity contribution in [3.63, 3.8) is 0 Å². The van der Waals surface area contributed by atoms with Gasteiger partial charge in [0.05, 0.1) is 5.69 Å². The van der Waals surface area contributed by atoms with Crippen LogP contribution in [0, 0.1) is 0 Å². The summed E-state index contributed by atoms with van der Waals surface area (Å²) in [6.45, 7) is 7.09. The molecule has 0 aliphatic carbocycles. The van der Waals surface area contributed by atoms with Crippen LogP contribution in [0.1, 0.15) is 25.3 Å². The van der Waals surface area contributed by atoms with Crippen molar-refractivity contribution in [1.29, 1.82) is 0 Å². The number of amides is 2. The number of benzene rings is 2. The second-order valence-corrected chi connectivity index (χ2v) is 7.82. The predicted molar refractivity (Wildman–Crippen MR) is 121 cm³/mol. The predicted octanol–water partition coefficient (Wildman–Crippen LogP) is 4.62. The van der Waals surface area contributed by atoms with Crippen LogP contribution in [0.3, 0.4) is 0 Å². The first kappa shape index (κ1) is 19.9. The van der Waals surface area contributed by atoms with Gasteiger partial charge >= 0.3 is 6.03 Å². The van der Waals surface area contributed by atoms with Gasteiger partial charge in [-0.05, 0) is 35.7 Å². The van der Waals surface area contributed by atoms with Crippen molar-refractivity contribution >= 4 is 17.5 Å². The molecule has 1 fully saturated rings. The lowest BCUT2D eigenvalue weighted by atomic mass is 10.0. The van der Waals surface area contributed by atoms with Gasteiger partial charge in [-0.2, -0.15) is 0 Å². The number of hydrogen-bond acceptors (Lipinski definition) is 4. The first-order valence-corrected chi connectivity index (χ1v) is 10.4. The summed E-state index contributed by atoms with van der Waals surface area (Å²) in [6, 6.07) is 22.0. The van der Waals surface area contributed by atoms with Crippen molar-refractivity contribution in [1.82, 2.24) is 15.1 Å². The van der Waals surface area contributed by atoms with Crippen LogP contribution in [0.15, 0.2) is 66.7 Å². The van der Waals surface area contributed by atoms with Crippen molar-refractivity contribution < 1.29 is 4.79 Å².